The first-order valence-electron chi connectivity index (χ1n) is 6.21. The van der Waals surface area contributed by atoms with Crippen molar-refractivity contribution in [2.45, 2.75) is 13.2 Å². The Bertz CT molecular complexity index is 629. The average Bonchev–Trinajstić information content (AvgIpc) is 2.42. The standard InChI is InChI=1S/C15H13Br2ClFNO/c1-20-7-9-5-11(16)15(12(17)6-9)21-8-10-3-2-4-13(18)14(10)19/h2-6,20H,7-8H2,1H3. The Hall–Kier alpha value is -0.620. The maximum atomic E-state index is 13.8. The van der Waals surface area contributed by atoms with Gasteiger partial charge in [0.1, 0.15) is 18.2 Å². The lowest BCUT2D eigenvalue weighted by Crippen LogP contribution is -2.06. The highest BCUT2D eigenvalue weighted by molar-refractivity contribution is 9.11. The maximum absolute atomic E-state index is 13.8. The van der Waals surface area contributed by atoms with E-state index < -0.39 is 5.82 Å². The fourth-order valence-electron chi connectivity index (χ4n) is 1.87. The van der Waals surface area contributed by atoms with Crippen LogP contribution < -0.4 is 10.1 Å². The summed E-state index contributed by atoms with van der Waals surface area (Å²) in [6.07, 6.45) is 0. The van der Waals surface area contributed by atoms with Crippen molar-refractivity contribution in [3.05, 3.63) is 61.2 Å². The Morgan fingerprint density at radius 1 is 1.24 bits per heavy atom. The van der Waals surface area contributed by atoms with E-state index >= 15 is 0 Å². The van der Waals surface area contributed by atoms with Crippen LogP contribution in [0.4, 0.5) is 4.39 Å². The third-order valence-electron chi connectivity index (χ3n) is 2.84. The van der Waals surface area contributed by atoms with Gasteiger partial charge in [0.2, 0.25) is 0 Å². The molecule has 112 valence electrons. The summed E-state index contributed by atoms with van der Waals surface area (Å²) in [6, 6.07) is 8.79. The second-order valence-corrected chi connectivity index (χ2v) is 6.54. The van der Waals surface area contributed by atoms with E-state index in [0.717, 1.165) is 21.1 Å². The molecule has 0 aliphatic rings. The number of hydrogen-bond donors (Lipinski definition) is 1. The molecule has 2 nitrogen and oxygen atoms in total. The molecular weight excluding hydrogens is 424 g/mol. The van der Waals surface area contributed by atoms with Gasteiger partial charge in [0.05, 0.1) is 14.0 Å². The Morgan fingerprint density at radius 3 is 2.52 bits per heavy atom. The van der Waals surface area contributed by atoms with E-state index in [1.165, 1.54) is 6.07 Å². The molecule has 2 aromatic rings. The topological polar surface area (TPSA) is 21.3 Å². The lowest BCUT2D eigenvalue weighted by Gasteiger charge is -2.13. The summed E-state index contributed by atoms with van der Waals surface area (Å²) >= 11 is 12.7. The summed E-state index contributed by atoms with van der Waals surface area (Å²) in [5.74, 6) is 0.187. The van der Waals surface area contributed by atoms with Crippen molar-refractivity contribution in [2.75, 3.05) is 7.05 Å². The molecule has 0 saturated carbocycles. The zero-order valence-electron chi connectivity index (χ0n) is 11.2. The van der Waals surface area contributed by atoms with Crippen LogP contribution in [0.15, 0.2) is 39.3 Å². The van der Waals surface area contributed by atoms with Crippen LogP contribution >= 0.6 is 43.5 Å². The molecule has 0 bridgehead atoms. The van der Waals surface area contributed by atoms with Gasteiger partial charge >= 0.3 is 0 Å². The van der Waals surface area contributed by atoms with E-state index in [4.69, 9.17) is 16.3 Å². The van der Waals surface area contributed by atoms with Crippen LogP contribution in [-0.4, -0.2) is 7.05 Å². The Kier molecular flexibility index (Phi) is 6.05. The van der Waals surface area contributed by atoms with Gasteiger partial charge in [-0.25, -0.2) is 4.39 Å². The van der Waals surface area contributed by atoms with Crippen molar-refractivity contribution in [1.82, 2.24) is 5.32 Å². The third-order valence-corrected chi connectivity index (χ3v) is 4.31. The van der Waals surface area contributed by atoms with Crippen molar-refractivity contribution in [3.8, 4) is 5.75 Å². The van der Waals surface area contributed by atoms with Gasteiger partial charge in [-0.1, -0.05) is 23.7 Å². The van der Waals surface area contributed by atoms with Crippen molar-refractivity contribution in [2.24, 2.45) is 0 Å². The summed E-state index contributed by atoms with van der Waals surface area (Å²) in [7, 11) is 1.88. The Labute approximate surface area is 144 Å². The van der Waals surface area contributed by atoms with Gasteiger partial charge in [0, 0.05) is 12.1 Å². The monoisotopic (exact) mass is 435 g/mol. The quantitative estimate of drug-likeness (QED) is 0.685. The van der Waals surface area contributed by atoms with Gasteiger partial charge < -0.3 is 10.1 Å². The highest BCUT2D eigenvalue weighted by atomic mass is 79.9. The highest BCUT2D eigenvalue weighted by Crippen LogP contribution is 2.35. The number of halogens is 4. The SMILES string of the molecule is CNCc1cc(Br)c(OCc2cccc(Cl)c2F)c(Br)c1. The number of nitrogens with one attached hydrogen (secondary N) is 1. The molecular formula is C15H13Br2ClFNO. The maximum Gasteiger partial charge on any atom is 0.148 e. The second kappa shape index (κ2) is 7.58. The largest absolute Gasteiger partial charge is 0.486 e. The molecule has 0 saturated heterocycles. The molecule has 21 heavy (non-hydrogen) atoms. The van der Waals surface area contributed by atoms with Gasteiger partial charge in [-0.3, -0.25) is 0 Å². The Balaban J connectivity index is 2.18. The van der Waals surface area contributed by atoms with E-state index in [0.29, 0.717) is 11.3 Å². The lowest BCUT2D eigenvalue weighted by atomic mass is 10.2. The fourth-order valence-corrected chi connectivity index (χ4v) is 3.57. The molecule has 6 heteroatoms. The normalized spacial score (nSPS) is 10.7. The van der Waals surface area contributed by atoms with Gasteiger partial charge in [-0.2, -0.15) is 0 Å². The first kappa shape index (κ1) is 16.7. The molecule has 1 N–H and O–H groups in total. The molecule has 0 unspecified atom stereocenters. The van der Waals surface area contributed by atoms with Crippen LogP contribution in [-0.2, 0) is 13.2 Å². The summed E-state index contributed by atoms with van der Waals surface area (Å²) in [5, 5.41) is 3.18. The number of ether oxygens (including phenoxy) is 1. The molecule has 0 atom stereocenters. The van der Waals surface area contributed by atoms with Crippen LogP contribution in [0.5, 0.6) is 5.75 Å². The smallest absolute Gasteiger partial charge is 0.148 e. The predicted octanol–water partition coefficient (Wildman–Crippen LogP) is 5.30. The number of hydrogen-bond acceptors (Lipinski definition) is 2. The third kappa shape index (κ3) is 4.19. The number of benzene rings is 2. The lowest BCUT2D eigenvalue weighted by molar-refractivity contribution is 0.296. The van der Waals surface area contributed by atoms with Crippen LogP contribution in [0, 0.1) is 5.82 Å². The molecule has 0 spiro atoms. The van der Waals surface area contributed by atoms with E-state index in [-0.39, 0.29) is 11.6 Å². The van der Waals surface area contributed by atoms with Crippen molar-refractivity contribution in [1.29, 1.82) is 0 Å². The molecule has 2 aromatic carbocycles. The summed E-state index contributed by atoms with van der Waals surface area (Å²) in [6.45, 7) is 0.857. The van der Waals surface area contributed by atoms with Crippen LogP contribution in [0.3, 0.4) is 0 Å². The molecule has 0 radical (unpaired) electrons. The predicted molar refractivity (Wildman–Crippen MR) is 90.3 cm³/mol. The van der Waals surface area contributed by atoms with Crippen LogP contribution in [0.2, 0.25) is 5.02 Å². The van der Waals surface area contributed by atoms with Gasteiger partial charge in [-0.05, 0) is 62.7 Å². The van der Waals surface area contributed by atoms with Crippen LogP contribution in [0.1, 0.15) is 11.1 Å². The van der Waals surface area contributed by atoms with Gasteiger partial charge in [0.25, 0.3) is 0 Å². The zero-order valence-corrected chi connectivity index (χ0v) is 15.1. The fraction of sp³-hybridized carbons (Fsp3) is 0.200. The zero-order chi connectivity index (χ0) is 15.4. The van der Waals surface area contributed by atoms with Crippen molar-refractivity contribution in [3.63, 3.8) is 0 Å². The molecule has 0 fully saturated rings. The molecule has 0 amide bonds. The van der Waals surface area contributed by atoms with E-state index in [1.807, 2.05) is 19.2 Å². The van der Waals surface area contributed by atoms with Gasteiger partial charge in [-0.15, -0.1) is 0 Å². The first-order valence-corrected chi connectivity index (χ1v) is 8.17. The minimum absolute atomic E-state index is 0.0959. The minimum Gasteiger partial charge on any atom is -0.486 e. The molecule has 0 aromatic heterocycles. The number of rotatable bonds is 5. The van der Waals surface area contributed by atoms with Gasteiger partial charge in [0.15, 0.2) is 0 Å². The molecule has 0 aliphatic heterocycles. The molecule has 2 rings (SSSR count). The second-order valence-electron chi connectivity index (χ2n) is 4.42. The van der Waals surface area contributed by atoms with Crippen LogP contribution in [0.25, 0.3) is 0 Å². The Morgan fingerprint density at radius 2 is 1.90 bits per heavy atom. The minimum atomic E-state index is -0.446. The summed E-state index contributed by atoms with van der Waals surface area (Å²) in [4.78, 5) is 0. The van der Waals surface area contributed by atoms with Crippen molar-refractivity contribution < 1.29 is 9.13 Å². The van der Waals surface area contributed by atoms with E-state index in [2.05, 4.69) is 37.2 Å². The van der Waals surface area contributed by atoms with Crippen molar-refractivity contribution >= 4 is 43.5 Å². The highest BCUT2D eigenvalue weighted by Gasteiger charge is 2.11. The van der Waals surface area contributed by atoms with E-state index in [1.54, 1.807) is 12.1 Å². The van der Waals surface area contributed by atoms with E-state index in [9.17, 15) is 4.39 Å². The molecule has 0 aliphatic carbocycles. The first-order chi connectivity index (χ1) is 10.0. The average molecular weight is 438 g/mol. The molecule has 0 heterocycles. The summed E-state index contributed by atoms with van der Waals surface area (Å²) < 4.78 is 21.2. The summed E-state index contributed by atoms with van der Waals surface area (Å²) in [5.41, 5.74) is 1.53.